The van der Waals surface area contributed by atoms with Crippen molar-refractivity contribution in [2.24, 2.45) is 0 Å². The third-order valence-corrected chi connectivity index (χ3v) is 1.57. The summed E-state index contributed by atoms with van der Waals surface area (Å²) in [5.41, 5.74) is 0. The lowest BCUT2D eigenvalue weighted by Crippen LogP contribution is -2.42. The van der Waals surface area contributed by atoms with Crippen LogP contribution >= 0.6 is 9.24 Å². The van der Waals surface area contributed by atoms with Crippen molar-refractivity contribution < 1.29 is 24.6 Å². The van der Waals surface area contributed by atoms with Crippen LogP contribution in [0.2, 0.25) is 0 Å². The minimum absolute atomic E-state index is 0.0450. The highest BCUT2D eigenvalue weighted by molar-refractivity contribution is 7.18. The van der Waals surface area contributed by atoms with Crippen molar-refractivity contribution in [2.75, 3.05) is 6.16 Å². The molecule has 0 spiro atoms. The lowest BCUT2D eigenvalue weighted by molar-refractivity contribution is -0.147. The number of hydrogen-bond donors (Lipinski definition) is 3. The van der Waals surface area contributed by atoms with Gasteiger partial charge in [-0.05, 0) is 0 Å². The Labute approximate surface area is 76.5 Å². The number of carbonyl (C=O) groups is 3. The first kappa shape index (κ1) is 11.8. The van der Waals surface area contributed by atoms with Gasteiger partial charge in [0.1, 0.15) is 6.04 Å². The van der Waals surface area contributed by atoms with Gasteiger partial charge in [0.25, 0.3) is 0 Å². The minimum Gasteiger partial charge on any atom is -0.481 e. The van der Waals surface area contributed by atoms with E-state index in [4.69, 9.17) is 10.2 Å². The number of carbonyl (C=O) groups excluding carboxylic acids is 1. The van der Waals surface area contributed by atoms with Gasteiger partial charge in [-0.15, -0.1) is 9.24 Å². The van der Waals surface area contributed by atoms with E-state index in [1.807, 2.05) is 0 Å². The highest BCUT2D eigenvalue weighted by atomic mass is 31.0. The fourth-order valence-corrected chi connectivity index (χ4v) is 0.746. The molecule has 0 aliphatic carbocycles. The summed E-state index contributed by atoms with van der Waals surface area (Å²) < 4.78 is 0. The zero-order valence-corrected chi connectivity index (χ0v) is 7.84. The predicted molar refractivity (Wildman–Crippen MR) is 46.4 cm³/mol. The molecule has 0 aromatic rings. The van der Waals surface area contributed by atoms with Gasteiger partial charge in [-0.2, -0.15) is 0 Å². The van der Waals surface area contributed by atoms with Gasteiger partial charge in [0.05, 0.1) is 6.42 Å². The van der Waals surface area contributed by atoms with E-state index in [0.29, 0.717) is 0 Å². The summed E-state index contributed by atoms with van der Waals surface area (Å²) in [5.74, 6) is -3.13. The molecule has 2 unspecified atom stereocenters. The van der Waals surface area contributed by atoms with Crippen LogP contribution in [-0.4, -0.2) is 40.3 Å². The average molecular weight is 207 g/mol. The third kappa shape index (κ3) is 5.14. The largest absolute Gasteiger partial charge is 0.481 e. The lowest BCUT2D eigenvalue weighted by atomic mass is 10.2. The average Bonchev–Trinajstić information content (AvgIpc) is 2.02. The molecule has 74 valence electrons. The van der Waals surface area contributed by atoms with Gasteiger partial charge in [0.2, 0.25) is 5.91 Å². The molecule has 0 aliphatic heterocycles. The van der Waals surface area contributed by atoms with Gasteiger partial charge in [-0.1, -0.05) is 0 Å². The third-order valence-electron chi connectivity index (χ3n) is 1.20. The Hall–Kier alpha value is -1.16. The van der Waals surface area contributed by atoms with E-state index in [1.54, 1.807) is 0 Å². The minimum atomic E-state index is -1.36. The molecule has 0 saturated heterocycles. The molecular formula is C6H10NO5P. The van der Waals surface area contributed by atoms with E-state index in [9.17, 15) is 14.4 Å². The number of rotatable bonds is 5. The maximum atomic E-state index is 10.7. The molecule has 0 aromatic carbocycles. The molecule has 0 aromatic heterocycles. The van der Waals surface area contributed by atoms with Crippen LogP contribution in [0.3, 0.4) is 0 Å². The van der Waals surface area contributed by atoms with E-state index < -0.39 is 30.3 Å². The number of amides is 1. The van der Waals surface area contributed by atoms with Gasteiger partial charge in [-0.25, -0.2) is 4.79 Å². The molecule has 7 heteroatoms. The van der Waals surface area contributed by atoms with Gasteiger partial charge < -0.3 is 15.5 Å². The zero-order valence-electron chi connectivity index (χ0n) is 6.69. The van der Waals surface area contributed by atoms with Crippen molar-refractivity contribution in [3.05, 3.63) is 0 Å². The highest BCUT2D eigenvalue weighted by Crippen LogP contribution is 1.93. The van der Waals surface area contributed by atoms with Gasteiger partial charge in [-0.3, -0.25) is 9.59 Å². The zero-order chi connectivity index (χ0) is 10.4. The molecule has 0 radical (unpaired) electrons. The Kier molecular flexibility index (Phi) is 4.99. The number of aliphatic carboxylic acids is 2. The number of carboxylic acid groups (broad SMARTS) is 2. The molecule has 0 rings (SSSR count). The van der Waals surface area contributed by atoms with Crippen LogP contribution < -0.4 is 5.32 Å². The van der Waals surface area contributed by atoms with Crippen molar-refractivity contribution in [3.63, 3.8) is 0 Å². The van der Waals surface area contributed by atoms with Crippen molar-refractivity contribution >= 4 is 27.1 Å². The molecule has 1 amide bonds. The summed E-state index contributed by atoms with van der Waals surface area (Å²) >= 11 is 0. The van der Waals surface area contributed by atoms with E-state index in [2.05, 4.69) is 14.6 Å². The Bertz CT molecular complexity index is 229. The van der Waals surface area contributed by atoms with Gasteiger partial charge in [0, 0.05) is 6.16 Å². The predicted octanol–water partition coefficient (Wildman–Crippen LogP) is -1.09. The summed E-state index contributed by atoms with van der Waals surface area (Å²) in [6, 6.07) is -1.36. The van der Waals surface area contributed by atoms with Crippen LogP contribution in [0.4, 0.5) is 0 Å². The Balaban J connectivity index is 4.18. The topological polar surface area (TPSA) is 104 Å². The fraction of sp³-hybridized carbons (Fsp3) is 0.500. The van der Waals surface area contributed by atoms with Crippen LogP contribution in [0.1, 0.15) is 6.42 Å². The van der Waals surface area contributed by atoms with Gasteiger partial charge in [0.15, 0.2) is 0 Å². The quantitative estimate of drug-likeness (QED) is 0.497. The number of hydrogen-bond acceptors (Lipinski definition) is 3. The Morgan fingerprint density at radius 3 is 2.15 bits per heavy atom. The van der Waals surface area contributed by atoms with Crippen LogP contribution in [0.5, 0.6) is 0 Å². The first-order valence-corrected chi connectivity index (χ1v) is 4.23. The molecule has 6 nitrogen and oxygen atoms in total. The molecule has 2 atom stereocenters. The maximum Gasteiger partial charge on any atom is 0.326 e. The molecule has 0 bridgehead atoms. The lowest BCUT2D eigenvalue weighted by Gasteiger charge is -2.10. The Morgan fingerprint density at radius 1 is 1.31 bits per heavy atom. The number of nitrogens with one attached hydrogen (secondary N) is 1. The molecule has 0 fully saturated rings. The highest BCUT2D eigenvalue weighted by Gasteiger charge is 2.21. The fourth-order valence-electron chi connectivity index (χ4n) is 0.628. The second-order valence-corrected chi connectivity index (χ2v) is 2.67. The normalized spacial score (nSPS) is 11.8. The van der Waals surface area contributed by atoms with Crippen LogP contribution in [0, 0.1) is 0 Å². The second-order valence-electron chi connectivity index (χ2n) is 2.26. The van der Waals surface area contributed by atoms with Crippen LogP contribution in [0.15, 0.2) is 0 Å². The first-order valence-electron chi connectivity index (χ1n) is 3.41. The molecule has 0 aliphatic rings. The second kappa shape index (κ2) is 5.48. The van der Waals surface area contributed by atoms with Crippen LogP contribution in [-0.2, 0) is 14.4 Å². The SMILES string of the molecule is O=C(O)CC(NC(=O)CP)C(=O)O. The molecule has 0 heterocycles. The van der Waals surface area contributed by atoms with Crippen molar-refractivity contribution in [2.45, 2.75) is 12.5 Å². The maximum absolute atomic E-state index is 10.7. The van der Waals surface area contributed by atoms with E-state index in [0.717, 1.165) is 0 Å². The molecule has 13 heavy (non-hydrogen) atoms. The van der Waals surface area contributed by atoms with E-state index in [1.165, 1.54) is 0 Å². The van der Waals surface area contributed by atoms with E-state index in [-0.39, 0.29) is 6.16 Å². The van der Waals surface area contributed by atoms with Gasteiger partial charge >= 0.3 is 11.9 Å². The van der Waals surface area contributed by atoms with E-state index >= 15 is 0 Å². The molecule has 3 N–H and O–H groups in total. The summed E-state index contributed by atoms with van der Waals surface area (Å²) in [5, 5.41) is 18.8. The van der Waals surface area contributed by atoms with Crippen molar-refractivity contribution in [1.29, 1.82) is 0 Å². The monoisotopic (exact) mass is 207 g/mol. The standard InChI is InChI=1S/C6H10NO5P/c8-4(2-13)7-3(6(11)12)1-5(9)10/h3H,1-2,13H2,(H,7,8)(H,9,10)(H,11,12). The number of carboxylic acids is 2. The van der Waals surface area contributed by atoms with Crippen LogP contribution in [0.25, 0.3) is 0 Å². The first-order chi connectivity index (χ1) is 5.97. The summed E-state index contributed by atoms with van der Waals surface area (Å²) in [7, 11) is 2.11. The Morgan fingerprint density at radius 2 is 1.85 bits per heavy atom. The summed E-state index contributed by atoms with van der Waals surface area (Å²) in [4.78, 5) is 31.3. The summed E-state index contributed by atoms with van der Waals surface area (Å²) in [6.07, 6.45) is -0.574. The van der Waals surface area contributed by atoms with Crippen molar-refractivity contribution in [1.82, 2.24) is 5.32 Å². The summed E-state index contributed by atoms with van der Waals surface area (Å²) in [6.45, 7) is 0. The van der Waals surface area contributed by atoms with Crippen molar-refractivity contribution in [3.8, 4) is 0 Å². The molecule has 0 saturated carbocycles. The molecular weight excluding hydrogens is 197 g/mol. The smallest absolute Gasteiger partial charge is 0.326 e.